The second-order valence-electron chi connectivity index (χ2n) is 9.26. The van der Waals surface area contributed by atoms with Crippen molar-refractivity contribution in [1.29, 1.82) is 0 Å². The van der Waals surface area contributed by atoms with Crippen LogP contribution in [-0.4, -0.2) is 14.5 Å². The number of nitrogens with zero attached hydrogens (tertiary/aromatic N) is 3. The van der Waals surface area contributed by atoms with Gasteiger partial charge >= 0.3 is 21.1 Å². The van der Waals surface area contributed by atoms with Crippen LogP contribution in [0.4, 0.5) is 0 Å². The number of hydrogen-bond acceptors (Lipinski definition) is 3. The number of rotatable bonds is 5. The fourth-order valence-corrected chi connectivity index (χ4v) is 5.02. The third-order valence-electron chi connectivity index (χ3n) is 7.07. The van der Waals surface area contributed by atoms with Gasteiger partial charge in [0.05, 0.1) is 0 Å². The third-order valence-corrected chi connectivity index (χ3v) is 7.07. The van der Waals surface area contributed by atoms with Crippen LogP contribution >= 0.6 is 0 Å². The summed E-state index contributed by atoms with van der Waals surface area (Å²) in [6.07, 6.45) is 7.50. The number of fused-ring (bicyclic) bond motifs is 3. The molecule has 1 aliphatic rings. The molecule has 0 aliphatic heterocycles. The topological polar surface area (TPSA) is 39.9 Å². The minimum absolute atomic E-state index is 0. The number of benzene rings is 3. The van der Waals surface area contributed by atoms with Crippen LogP contribution in [0.5, 0.6) is 11.6 Å². The second kappa shape index (κ2) is 9.95. The molecule has 4 nitrogen and oxygen atoms in total. The first-order valence-corrected chi connectivity index (χ1v) is 12.4. The van der Waals surface area contributed by atoms with Gasteiger partial charge in [0.15, 0.2) is 0 Å². The first kappa shape index (κ1) is 23.6. The molecule has 0 bridgehead atoms. The zero-order chi connectivity index (χ0) is 23.9. The maximum atomic E-state index is 5.92. The van der Waals surface area contributed by atoms with Gasteiger partial charge in [-0.05, 0) is 59.5 Å². The quantitative estimate of drug-likeness (QED) is 0.177. The molecule has 37 heavy (non-hydrogen) atoms. The summed E-state index contributed by atoms with van der Waals surface area (Å²) in [6, 6.07) is 35.8. The van der Waals surface area contributed by atoms with Gasteiger partial charge in [-0.2, -0.15) is 24.3 Å². The molecule has 1 fully saturated rings. The molecule has 3 aromatic heterocycles. The van der Waals surface area contributed by atoms with Gasteiger partial charge in [-0.15, -0.1) is 18.2 Å². The van der Waals surface area contributed by atoms with E-state index in [1.54, 1.807) is 6.20 Å². The molecule has 1 saturated carbocycles. The normalized spacial score (nSPS) is 13.3. The molecule has 5 heteroatoms. The molecule has 0 amide bonds. The van der Waals surface area contributed by atoms with Gasteiger partial charge in [-0.25, -0.2) is 21.1 Å². The van der Waals surface area contributed by atoms with E-state index in [2.05, 4.69) is 70.2 Å². The molecule has 1 aliphatic carbocycles. The molecule has 3 heterocycles. The first-order chi connectivity index (χ1) is 17.8. The second-order valence-corrected chi connectivity index (χ2v) is 9.26. The zero-order valence-electron chi connectivity index (χ0n) is 20.0. The summed E-state index contributed by atoms with van der Waals surface area (Å²) in [5.74, 6) is 2.75. The standard InChI is InChI=1S/C32H23N3O.Pt/c1-2-12-29-27(11-1)28-15-14-24(23-9-6-10-26(19-23)36-32-13-3-4-17-34-32)20-30(28)35(29)31-21-25(16-18-33-31)22-7-5-8-22;/h1-4,6,9-18,21-22H,5,7-8H2;/q-2;+2. The van der Waals surface area contributed by atoms with Gasteiger partial charge in [0.1, 0.15) is 5.82 Å². The Kier molecular flexibility index (Phi) is 6.36. The van der Waals surface area contributed by atoms with Crippen LogP contribution in [0, 0.1) is 12.1 Å². The molecule has 6 aromatic rings. The van der Waals surface area contributed by atoms with E-state index in [0.717, 1.165) is 33.4 Å². The summed E-state index contributed by atoms with van der Waals surface area (Å²) in [7, 11) is 0. The molecule has 7 rings (SSSR count). The number of para-hydroxylation sites is 1. The van der Waals surface area contributed by atoms with Gasteiger partial charge in [-0.1, -0.05) is 36.1 Å². The van der Waals surface area contributed by atoms with Crippen molar-refractivity contribution >= 4 is 21.8 Å². The molecule has 182 valence electrons. The van der Waals surface area contributed by atoms with E-state index >= 15 is 0 Å². The summed E-state index contributed by atoms with van der Waals surface area (Å²) in [5.41, 5.74) is 5.39. The van der Waals surface area contributed by atoms with Gasteiger partial charge in [0.25, 0.3) is 0 Å². The van der Waals surface area contributed by atoms with E-state index in [-0.39, 0.29) is 21.1 Å². The maximum Gasteiger partial charge on any atom is 2.00 e. The zero-order valence-corrected chi connectivity index (χ0v) is 22.3. The number of aromatic nitrogens is 3. The van der Waals surface area contributed by atoms with Crippen LogP contribution in [-0.2, 0) is 21.1 Å². The summed E-state index contributed by atoms with van der Waals surface area (Å²) in [5, 5.41) is 2.36. The SMILES string of the molecule is [Pt+2].[c-]1c(Oc2ccccn2)cccc1-c1[c-]c2c(cc1)c1ccccc1n2-c1cc(C2CCC2)ccn1. The monoisotopic (exact) mass is 660 g/mol. The minimum atomic E-state index is 0. The third kappa shape index (κ3) is 4.36. The van der Waals surface area contributed by atoms with Crippen molar-refractivity contribution in [3.63, 3.8) is 0 Å². The number of ether oxygens (including phenoxy) is 1. The predicted molar refractivity (Wildman–Crippen MR) is 143 cm³/mol. The Labute approximate surface area is 230 Å². The van der Waals surface area contributed by atoms with Crippen molar-refractivity contribution in [1.82, 2.24) is 14.5 Å². The smallest absolute Gasteiger partial charge is 0.460 e. The van der Waals surface area contributed by atoms with E-state index in [1.165, 1.54) is 30.2 Å². The fourth-order valence-electron chi connectivity index (χ4n) is 5.02. The van der Waals surface area contributed by atoms with Gasteiger partial charge in [0, 0.05) is 29.7 Å². The molecular formula is C32H23N3OPt. The Morgan fingerprint density at radius 3 is 2.46 bits per heavy atom. The molecule has 0 unspecified atom stereocenters. The summed E-state index contributed by atoms with van der Waals surface area (Å²) >= 11 is 0. The Morgan fingerprint density at radius 2 is 1.62 bits per heavy atom. The van der Waals surface area contributed by atoms with Gasteiger partial charge in [0.2, 0.25) is 5.88 Å². The van der Waals surface area contributed by atoms with Crippen LogP contribution in [0.3, 0.4) is 0 Å². The predicted octanol–water partition coefficient (Wildman–Crippen LogP) is 7.90. The van der Waals surface area contributed by atoms with E-state index in [1.807, 2.05) is 42.6 Å². The molecule has 0 atom stereocenters. The van der Waals surface area contributed by atoms with E-state index in [9.17, 15) is 0 Å². The van der Waals surface area contributed by atoms with Crippen LogP contribution in [0.25, 0.3) is 38.8 Å². The van der Waals surface area contributed by atoms with E-state index in [0.29, 0.717) is 17.5 Å². The van der Waals surface area contributed by atoms with Crippen molar-refractivity contribution in [2.75, 3.05) is 0 Å². The molecule has 0 saturated heterocycles. The largest absolute Gasteiger partial charge is 2.00 e. The van der Waals surface area contributed by atoms with Crippen molar-refractivity contribution in [3.05, 3.63) is 115 Å². The van der Waals surface area contributed by atoms with Gasteiger partial charge < -0.3 is 9.30 Å². The first-order valence-electron chi connectivity index (χ1n) is 12.4. The molecule has 0 spiro atoms. The molecular weight excluding hydrogens is 637 g/mol. The van der Waals surface area contributed by atoms with Gasteiger partial charge in [-0.3, -0.25) is 0 Å². The van der Waals surface area contributed by atoms with Crippen molar-refractivity contribution in [3.8, 4) is 28.6 Å². The van der Waals surface area contributed by atoms with E-state index in [4.69, 9.17) is 9.72 Å². The van der Waals surface area contributed by atoms with Crippen molar-refractivity contribution in [2.45, 2.75) is 25.2 Å². The molecule has 0 radical (unpaired) electrons. The van der Waals surface area contributed by atoms with Crippen LogP contribution < -0.4 is 4.74 Å². The molecule has 0 N–H and O–H groups in total. The Bertz CT molecular complexity index is 1710. The minimum Gasteiger partial charge on any atom is -0.460 e. The van der Waals surface area contributed by atoms with E-state index < -0.39 is 0 Å². The maximum absolute atomic E-state index is 5.92. The van der Waals surface area contributed by atoms with Crippen LogP contribution in [0.15, 0.2) is 97.3 Å². The van der Waals surface area contributed by atoms with Crippen LogP contribution in [0.1, 0.15) is 30.7 Å². The summed E-state index contributed by atoms with van der Waals surface area (Å²) < 4.78 is 8.17. The fraction of sp³-hybridized carbons (Fsp3) is 0.125. The number of hydrogen-bond donors (Lipinski definition) is 0. The summed E-state index contributed by atoms with van der Waals surface area (Å²) in [4.78, 5) is 9.05. The number of pyridine rings is 2. The Hall–Kier alpha value is -3.75. The van der Waals surface area contributed by atoms with Crippen molar-refractivity contribution < 1.29 is 25.8 Å². The average molecular weight is 661 g/mol. The van der Waals surface area contributed by atoms with Crippen LogP contribution in [0.2, 0.25) is 0 Å². The Morgan fingerprint density at radius 1 is 0.757 bits per heavy atom. The summed E-state index contributed by atoms with van der Waals surface area (Å²) in [6.45, 7) is 0. The molecule has 3 aromatic carbocycles. The Balaban J connectivity index is 0.00000252. The van der Waals surface area contributed by atoms with Crippen molar-refractivity contribution in [2.24, 2.45) is 0 Å². The average Bonchev–Trinajstić information content (AvgIpc) is 3.22.